The summed E-state index contributed by atoms with van der Waals surface area (Å²) in [4.78, 5) is 30.6. The number of carbonyl (C=O) groups is 2. The van der Waals surface area contributed by atoms with E-state index < -0.39 is 0 Å². The van der Waals surface area contributed by atoms with Gasteiger partial charge >= 0.3 is 0 Å². The van der Waals surface area contributed by atoms with Crippen LogP contribution in [-0.2, 0) is 16.1 Å². The molecule has 1 aliphatic carbocycles. The molecule has 0 radical (unpaired) electrons. The molecule has 5 nitrogen and oxygen atoms in total. The van der Waals surface area contributed by atoms with Crippen molar-refractivity contribution in [1.29, 1.82) is 0 Å². The van der Waals surface area contributed by atoms with Crippen LogP contribution in [0.4, 0.5) is 5.69 Å². The molecule has 1 aromatic carbocycles. The first-order chi connectivity index (χ1) is 11.4. The van der Waals surface area contributed by atoms with Crippen LogP contribution in [0.2, 0.25) is 0 Å². The molecule has 0 N–H and O–H groups in total. The standard InChI is InChI=1S/C19H27N3O2/c1-20(2)16-8-6-15(7-9-16)13-21(3)14-22-17(23)12-19(18(22)24)10-4-5-11-19/h6-9H,4-5,10-14H2,1-3H3. The Morgan fingerprint density at radius 2 is 1.67 bits per heavy atom. The van der Waals surface area contributed by atoms with Gasteiger partial charge < -0.3 is 4.90 Å². The minimum Gasteiger partial charge on any atom is -0.378 e. The highest BCUT2D eigenvalue weighted by molar-refractivity contribution is 6.06. The van der Waals surface area contributed by atoms with Gasteiger partial charge in [0, 0.05) is 32.7 Å². The monoisotopic (exact) mass is 329 g/mol. The molecule has 1 aromatic rings. The molecule has 1 saturated carbocycles. The highest BCUT2D eigenvalue weighted by atomic mass is 16.2. The number of carbonyl (C=O) groups excluding carboxylic acids is 2. The molecule has 2 aliphatic rings. The fourth-order valence-electron chi connectivity index (χ4n) is 3.95. The number of amides is 2. The SMILES string of the molecule is CN(Cc1ccc(N(C)C)cc1)CN1C(=O)CC2(CCCC2)C1=O. The van der Waals surface area contributed by atoms with Gasteiger partial charge in [0.25, 0.3) is 0 Å². The predicted octanol–water partition coefficient (Wildman–Crippen LogP) is 2.46. The van der Waals surface area contributed by atoms with Gasteiger partial charge in [0.2, 0.25) is 11.8 Å². The van der Waals surface area contributed by atoms with E-state index in [0.29, 0.717) is 13.1 Å². The number of rotatable bonds is 5. The lowest BCUT2D eigenvalue weighted by atomic mass is 9.85. The van der Waals surface area contributed by atoms with Crippen LogP contribution in [0, 0.1) is 5.41 Å². The Labute approximate surface area is 144 Å². The van der Waals surface area contributed by atoms with Crippen LogP contribution in [0.3, 0.4) is 0 Å². The molecule has 0 bridgehead atoms. The molecule has 24 heavy (non-hydrogen) atoms. The van der Waals surface area contributed by atoms with Crippen LogP contribution in [0.1, 0.15) is 37.7 Å². The van der Waals surface area contributed by atoms with Crippen LogP contribution in [0.25, 0.3) is 0 Å². The molecule has 0 atom stereocenters. The Bertz CT molecular complexity index is 618. The average molecular weight is 329 g/mol. The maximum atomic E-state index is 12.7. The van der Waals surface area contributed by atoms with Crippen LogP contribution >= 0.6 is 0 Å². The predicted molar refractivity (Wildman–Crippen MR) is 94.5 cm³/mol. The van der Waals surface area contributed by atoms with Gasteiger partial charge in [-0.2, -0.15) is 0 Å². The molecule has 2 fully saturated rings. The number of hydrogen-bond acceptors (Lipinski definition) is 4. The van der Waals surface area contributed by atoms with Gasteiger partial charge in [-0.1, -0.05) is 25.0 Å². The molecule has 1 spiro atoms. The number of imide groups is 1. The van der Waals surface area contributed by atoms with Crippen LogP contribution in [0.15, 0.2) is 24.3 Å². The van der Waals surface area contributed by atoms with Crippen LogP contribution in [0.5, 0.6) is 0 Å². The van der Waals surface area contributed by atoms with E-state index in [1.165, 1.54) is 10.5 Å². The van der Waals surface area contributed by atoms with Crippen molar-refractivity contribution in [1.82, 2.24) is 9.80 Å². The summed E-state index contributed by atoms with van der Waals surface area (Å²) < 4.78 is 0. The number of anilines is 1. The minimum absolute atomic E-state index is 0.00305. The van der Waals surface area contributed by atoms with Gasteiger partial charge in [-0.25, -0.2) is 0 Å². The van der Waals surface area contributed by atoms with Crippen molar-refractivity contribution in [2.75, 3.05) is 32.7 Å². The summed E-state index contributed by atoms with van der Waals surface area (Å²) in [6.07, 6.45) is 4.31. The number of hydrogen-bond donors (Lipinski definition) is 0. The third-order valence-corrected chi connectivity index (χ3v) is 5.34. The van der Waals surface area contributed by atoms with Gasteiger partial charge in [-0.15, -0.1) is 0 Å². The maximum absolute atomic E-state index is 12.7. The Morgan fingerprint density at radius 3 is 2.25 bits per heavy atom. The maximum Gasteiger partial charge on any atom is 0.237 e. The van der Waals surface area contributed by atoms with Gasteiger partial charge in [0.05, 0.1) is 12.1 Å². The smallest absolute Gasteiger partial charge is 0.237 e. The summed E-state index contributed by atoms with van der Waals surface area (Å²) in [7, 11) is 6.00. The van der Waals surface area contributed by atoms with Crippen LogP contribution in [-0.4, -0.2) is 49.4 Å². The first-order valence-electron chi connectivity index (χ1n) is 8.71. The van der Waals surface area contributed by atoms with E-state index in [0.717, 1.165) is 37.9 Å². The molecule has 2 amide bonds. The lowest BCUT2D eigenvalue weighted by Gasteiger charge is -2.25. The topological polar surface area (TPSA) is 43.9 Å². The molecule has 0 aromatic heterocycles. The summed E-state index contributed by atoms with van der Waals surface area (Å²) in [6, 6.07) is 8.36. The van der Waals surface area contributed by atoms with Crippen molar-refractivity contribution in [3.8, 4) is 0 Å². The fraction of sp³-hybridized carbons (Fsp3) is 0.579. The number of likely N-dealkylation sites (tertiary alicyclic amines) is 1. The van der Waals surface area contributed by atoms with E-state index in [2.05, 4.69) is 29.2 Å². The van der Waals surface area contributed by atoms with Crippen molar-refractivity contribution in [2.24, 2.45) is 5.41 Å². The van der Waals surface area contributed by atoms with E-state index >= 15 is 0 Å². The summed E-state index contributed by atoms with van der Waals surface area (Å²) in [5.41, 5.74) is 1.97. The normalized spacial score (nSPS) is 19.8. The molecule has 1 aliphatic heterocycles. The summed E-state index contributed by atoms with van der Waals surface area (Å²) >= 11 is 0. The Hall–Kier alpha value is -1.88. The Kier molecular flexibility index (Phi) is 4.63. The van der Waals surface area contributed by atoms with Crippen LogP contribution < -0.4 is 4.90 Å². The van der Waals surface area contributed by atoms with Crippen molar-refractivity contribution in [2.45, 2.75) is 38.6 Å². The van der Waals surface area contributed by atoms with E-state index in [1.54, 1.807) is 0 Å². The fourth-order valence-corrected chi connectivity index (χ4v) is 3.95. The highest BCUT2D eigenvalue weighted by Gasteiger charge is 2.52. The first kappa shape index (κ1) is 17.0. The summed E-state index contributed by atoms with van der Waals surface area (Å²) in [5.74, 6) is 0.0523. The van der Waals surface area contributed by atoms with E-state index in [1.807, 2.05) is 26.0 Å². The molecule has 130 valence electrons. The first-order valence-corrected chi connectivity index (χ1v) is 8.71. The number of nitrogens with zero attached hydrogens (tertiary/aromatic N) is 3. The zero-order chi connectivity index (χ0) is 17.3. The van der Waals surface area contributed by atoms with E-state index in [-0.39, 0.29) is 17.2 Å². The second kappa shape index (κ2) is 6.55. The Morgan fingerprint density at radius 1 is 1.04 bits per heavy atom. The lowest BCUT2D eigenvalue weighted by molar-refractivity contribution is -0.143. The molecular formula is C19H27N3O2. The molecule has 0 unspecified atom stereocenters. The largest absolute Gasteiger partial charge is 0.378 e. The quantitative estimate of drug-likeness (QED) is 0.779. The van der Waals surface area contributed by atoms with Crippen molar-refractivity contribution in [3.05, 3.63) is 29.8 Å². The minimum atomic E-state index is -0.370. The third-order valence-electron chi connectivity index (χ3n) is 5.34. The number of benzene rings is 1. The second-order valence-electron chi connectivity index (χ2n) is 7.51. The van der Waals surface area contributed by atoms with E-state index in [9.17, 15) is 9.59 Å². The van der Waals surface area contributed by atoms with E-state index in [4.69, 9.17) is 0 Å². The van der Waals surface area contributed by atoms with Gasteiger partial charge in [0.1, 0.15) is 0 Å². The zero-order valence-corrected chi connectivity index (χ0v) is 14.9. The highest BCUT2D eigenvalue weighted by Crippen LogP contribution is 2.46. The molecular weight excluding hydrogens is 302 g/mol. The van der Waals surface area contributed by atoms with Crippen molar-refractivity contribution in [3.63, 3.8) is 0 Å². The van der Waals surface area contributed by atoms with Gasteiger partial charge in [-0.05, 0) is 37.6 Å². The molecule has 1 saturated heterocycles. The van der Waals surface area contributed by atoms with Crippen molar-refractivity contribution < 1.29 is 9.59 Å². The second-order valence-corrected chi connectivity index (χ2v) is 7.51. The molecule has 3 rings (SSSR count). The third kappa shape index (κ3) is 3.18. The summed E-state index contributed by atoms with van der Waals surface area (Å²) in [5, 5.41) is 0. The van der Waals surface area contributed by atoms with Gasteiger partial charge in [0.15, 0.2) is 0 Å². The summed E-state index contributed by atoms with van der Waals surface area (Å²) in [6.45, 7) is 1.10. The zero-order valence-electron chi connectivity index (χ0n) is 14.9. The molecule has 1 heterocycles. The lowest BCUT2D eigenvalue weighted by Crippen LogP contribution is -2.41. The average Bonchev–Trinajstić information content (AvgIpc) is 3.09. The molecule has 5 heteroatoms. The van der Waals surface area contributed by atoms with Crippen molar-refractivity contribution >= 4 is 17.5 Å². The van der Waals surface area contributed by atoms with Gasteiger partial charge in [-0.3, -0.25) is 19.4 Å². The Balaban J connectivity index is 1.61.